The second kappa shape index (κ2) is 10.7. The quantitative estimate of drug-likeness (QED) is 0.673. The lowest BCUT2D eigenvalue weighted by atomic mass is 10.1. The van der Waals surface area contributed by atoms with Crippen molar-refractivity contribution in [3.63, 3.8) is 0 Å². The number of likely N-dealkylation sites (tertiary alicyclic amines) is 1. The van der Waals surface area contributed by atoms with Gasteiger partial charge >= 0.3 is 0 Å². The predicted molar refractivity (Wildman–Crippen MR) is 121 cm³/mol. The van der Waals surface area contributed by atoms with Gasteiger partial charge in [0, 0.05) is 30.8 Å². The zero-order valence-corrected chi connectivity index (χ0v) is 19.0. The summed E-state index contributed by atoms with van der Waals surface area (Å²) < 4.78 is 21.4. The van der Waals surface area contributed by atoms with Crippen LogP contribution in [0.25, 0.3) is 0 Å². The van der Waals surface area contributed by atoms with Crippen LogP contribution in [0.3, 0.4) is 0 Å². The number of hydrogen-bond donors (Lipinski definition) is 1. The minimum Gasteiger partial charge on any atom is -0.497 e. The maximum atomic E-state index is 13.2. The van der Waals surface area contributed by atoms with Crippen LogP contribution in [0.1, 0.15) is 35.2 Å². The normalized spacial score (nSPS) is 13.3. The number of piperidine rings is 1. The summed E-state index contributed by atoms with van der Waals surface area (Å²) in [5.41, 5.74) is 1.46. The summed E-state index contributed by atoms with van der Waals surface area (Å²) in [5.74, 6) is 1.64. The van der Waals surface area contributed by atoms with E-state index in [-0.39, 0.29) is 18.2 Å². The molecule has 0 saturated carbocycles. The minimum absolute atomic E-state index is 0.0683. The Hall–Kier alpha value is -3.42. The summed E-state index contributed by atoms with van der Waals surface area (Å²) in [6.45, 7) is 1.40. The molecule has 2 aromatic carbocycles. The standard InChI is InChI=1S/C24H30N2O6/c1-29-17-9-8-16(20(13-17)30-2)12-23(27)25-19-15-22(32-4)21(31-3)14-18(19)24(28)26-10-6-5-7-11-26/h8-9,13-15H,5-7,10-12H2,1-4H3,(H,25,27). The van der Waals surface area contributed by atoms with Crippen LogP contribution in [0.4, 0.5) is 5.69 Å². The van der Waals surface area contributed by atoms with Crippen molar-refractivity contribution in [3.8, 4) is 23.0 Å². The smallest absolute Gasteiger partial charge is 0.256 e. The molecule has 1 heterocycles. The Balaban J connectivity index is 1.88. The van der Waals surface area contributed by atoms with Gasteiger partial charge in [-0.15, -0.1) is 0 Å². The van der Waals surface area contributed by atoms with E-state index in [1.54, 1.807) is 44.6 Å². The molecule has 172 valence electrons. The van der Waals surface area contributed by atoms with Crippen LogP contribution < -0.4 is 24.3 Å². The largest absolute Gasteiger partial charge is 0.497 e. The zero-order chi connectivity index (χ0) is 23.1. The number of benzene rings is 2. The summed E-state index contributed by atoms with van der Waals surface area (Å²) >= 11 is 0. The van der Waals surface area contributed by atoms with Crippen LogP contribution in [0.2, 0.25) is 0 Å². The van der Waals surface area contributed by atoms with Crippen molar-refractivity contribution in [2.75, 3.05) is 46.8 Å². The third-order valence-electron chi connectivity index (χ3n) is 5.52. The Kier molecular flexibility index (Phi) is 7.81. The SMILES string of the molecule is COc1ccc(CC(=O)Nc2cc(OC)c(OC)cc2C(=O)N2CCCCC2)c(OC)c1. The molecule has 1 N–H and O–H groups in total. The molecule has 8 nitrogen and oxygen atoms in total. The van der Waals surface area contributed by atoms with Crippen LogP contribution in [0, 0.1) is 0 Å². The first-order valence-electron chi connectivity index (χ1n) is 10.6. The van der Waals surface area contributed by atoms with Crippen LogP contribution in [-0.2, 0) is 11.2 Å². The minimum atomic E-state index is -0.284. The molecular formula is C24H30N2O6. The van der Waals surface area contributed by atoms with Crippen molar-refractivity contribution in [3.05, 3.63) is 41.5 Å². The number of methoxy groups -OCH3 is 4. The molecular weight excluding hydrogens is 412 g/mol. The summed E-state index contributed by atoms with van der Waals surface area (Å²) in [6.07, 6.45) is 3.12. The third kappa shape index (κ3) is 5.25. The number of ether oxygens (including phenoxy) is 4. The number of anilines is 1. The first kappa shape index (κ1) is 23.2. The Morgan fingerprint density at radius 2 is 1.50 bits per heavy atom. The molecule has 2 aromatic rings. The van der Waals surface area contributed by atoms with Crippen molar-refractivity contribution in [2.24, 2.45) is 0 Å². The lowest BCUT2D eigenvalue weighted by Gasteiger charge is -2.28. The number of hydrogen-bond acceptors (Lipinski definition) is 6. The number of nitrogens with zero attached hydrogens (tertiary/aromatic N) is 1. The van der Waals surface area contributed by atoms with Crippen LogP contribution in [0.5, 0.6) is 23.0 Å². The van der Waals surface area contributed by atoms with E-state index in [0.29, 0.717) is 52.9 Å². The van der Waals surface area contributed by atoms with Crippen molar-refractivity contribution in [2.45, 2.75) is 25.7 Å². The number of rotatable bonds is 8. The first-order valence-corrected chi connectivity index (χ1v) is 10.6. The van der Waals surface area contributed by atoms with Crippen molar-refractivity contribution >= 4 is 17.5 Å². The molecule has 1 fully saturated rings. The second-order valence-corrected chi connectivity index (χ2v) is 7.51. The fourth-order valence-corrected chi connectivity index (χ4v) is 3.79. The molecule has 3 rings (SSSR count). The molecule has 0 aromatic heterocycles. The van der Waals surface area contributed by atoms with E-state index >= 15 is 0 Å². The van der Waals surface area contributed by atoms with E-state index in [1.807, 2.05) is 4.90 Å². The van der Waals surface area contributed by atoms with Gasteiger partial charge in [0.15, 0.2) is 11.5 Å². The molecule has 0 aliphatic carbocycles. The lowest BCUT2D eigenvalue weighted by molar-refractivity contribution is -0.115. The van der Waals surface area contributed by atoms with E-state index in [1.165, 1.54) is 14.2 Å². The van der Waals surface area contributed by atoms with Gasteiger partial charge in [0.1, 0.15) is 11.5 Å². The highest BCUT2D eigenvalue weighted by Crippen LogP contribution is 2.35. The van der Waals surface area contributed by atoms with Gasteiger partial charge in [0.25, 0.3) is 5.91 Å². The highest BCUT2D eigenvalue weighted by molar-refractivity contribution is 6.05. The van der Waals surface area contributed by atoms with Crippen molar-refractivity contribution in [1.29, 1.82) is 0 Å². The lowest BCUT2D eigenvalue weighted by Crippen LogP contribution is -2.36. The van der Waals surface area contributed by atoms with Crippen molar-refractivity contribution < 1.29 is 28.5 Å². The highest BCUT2D eigenvalue weighted by Gasteiger charge is 2.24. The second-order valence-electron chi connectivity index (χ2n) is 7.51. The van der Waals surface area contributed by atoms with E-state index in [9.17, 15) is 9.59 Å². The van der Waals surface area contributed by atoms with E-state index in [4.69, 9.17) is 18.9 Å². The van der Waals surface area contributed by atoms with E-state index in [2.05, 4.69) is 5.32 Å². The maximum absolute atomic E-state index is 13.2. The van der Waals surface area contributed by atoms with Crippen LogP contribution in [0.15, 0.2) is 30.3 Å². The molecule has 0 radical (unpaired) electrons. The fraction of sp³-hybridized carbons (Fsp3) is 0.417. The van der Waals surface area contributed by atoms with Gasteiger partial charge in [-0.25, -0.2) is 0 Å². The molecule has 1 saturated heterocycles. The van der Waals surface area contributed by atoms with Gasteiger partial charge in [-0.3, -0.25) is 9.59 Å². The molecule has 0 unspecified atom stereocenters. The number of amides is 2. The summed E-state index contributed by atoms with van der Waals surface area (Å²) in [5, 5.41) is 2.88. The van der Waals surface area contributed by atoms with Gasteiger partial charge in [0.2, 0.25) is 5.91 Å². The highest BCUT2D eigenvalue weighted by atomic mass is 16.5. The Morgan fingerprint density at radius 1 is 0.844 bits per heavy atom. The van der Waals surface area contributed by atoms with Gasteiger partial charge < -0.3 is 29.2 Å². The number of carbonyl (C=O) groups excluding carboxylic acids is 2. The first-order chi connectivity index (χ1) is 15.5. The summed E-state index contributed by atoms with van der Waals surface area (Å²) in [6, 6.07) is 8.53. The third-order valence-corrected chi connectivity index (χ3v) is 5.52. The predicted octanol–water partition coefficient (Wildman–Crippen LogP) is 3.53. The fourth-order valence-electron chi connectivity index (χ4n) is 3.79. The Labute approximate surface area is 188 Å². The summed E-state index contributed by atoms with van der Waals surface area (Å²) in [4.78, 5) is 28.0. The van der Waals surface area contributed by atoms with Gasteiger partial charge in [-0.1, -0.05) is 6.07 Å². The van der Waals surface area contributed by atoms with Crippen LogP contribution >= 0.6 is 0 Å². The van der Waals surface area contributed by atoms with Crippen molar-refractivity contribution in [1.82, 2.24) is 4.90 Å². The topological polar surface area (TPSA) is 86.3 Å². The average Bonchev–Trinajstić information content (AvgIpc) is 2.84. The number of nitrogens with one attached hydrogen (secondary N) is 1. The number of carbonyl (C=O) groups is 2. The van der Waals surface area contributed by atoms with E-state index < -0.39 is 0 Å². The molecule has 1 aliphatic rings. The van der Waals surface area contributed by atoms with Gasteiger partial charge in [-0.2, -0.15) is 0 Å². The molecule has 0 bridgehead atoms. The zero-order valence-electron chi connectivity index (χ0n) is 19.0. The molecule has 8 heteroatoms. The molecule has 0 spiro atoms. The molecule has 1 aliphatic heterocycles. The molecule has 0 atom stereocenters. The monoisotopic (exact) mass is 442 g/mol. The molecule has 2 amide bonds. The van der Waals surface area contributed by atoms with Gasteiger partial charge in [-0.05, 0) is 31.4 Å². The van der Waals surface area contributed by atoms with Crippen LogP contribution in [-0.4, -0.2) is 58.2 Å². The van der Waals surface area contributed by atoms with Gasteiger partial charge in [0.05, 0.1) is 46.1 Å². The maximum Gasteiger partial charge on any atom is 0.256 e. The summed E-state index contributed by atoms with van der Waals surface area (Å²) in [7, 11) is 6.14. The Bertz CT molecular complexity index is 969. The van der Waals surface area contributed by atoms with E-state index in [0.717, 1.165) is 19.3 Å². The molecule has 32 heavy (non-hydrogen) atoms. The average molecular weight is 443 g/mol. The Morgan fingerprint density at radius 3 is 2.12 bits per heavy atom.